The maximum atomic E-state index is 13.2. The molecule has 0 fully saturated rings. The number of aromatic nitrogens is 2. The summed E-state index contributed by atoms with van der Waals surface area (Å²) in [4.78, 5) is 14.1. The van der Waals surface area contributed by atoms with Crippen LogP contribution in [0.2, 0.25) is 0 Å². The van der Waals surface area contributed by atoms with Crippen molar-refractivity contribution >= 4 is 27.5 Å². The van der Waals surface area contributed by atoms with Gasteiger partial charge in [-0.2, -0.15) is 5.10 Å². The molecule has 4 rings (SSSR count). The van der Waals surface area contributed by atoms with Crippen molar-refractivity contribution in [1.29, 1.82) is 0 Å². The molecule has 6 heteroatoms. The molecule has 0 saturated heterocycles. The zero-order valence-corrected chi connectivity index (χ0v) is 15.8. The van der Waals surface area contributed by atoms with Gasteiger partial charge in [0.1, 0.15) is 10.6 Å². The van der Waals surface area contributed by atoms with Crippen LogP contribution in [0.4, 0.5) is 4.39 Å². The van der Waals surface area contributed by atoms with Gasteiger partial charge in [0.25, 0.3) is 5.91 Å². The molecular weight excluding hydrogens is 361 g/mol. The summed E-state index contributed by atoms with van der Waals surface area (Å²) in [6, 6.07) is 16.1. The van der Waals surface area contributed by atoms with Gasteiger partial charge in [0.15, 0.2) is 0 Å². The van der Waals surface area contributed by atoms with Crippen molar-refractivity contribution in [3.05, 3.63) is 82.1 Å². The lowest BCUT2D eigenvalue weighted by molar-refractivity contribution is 0.0955. The quantitative estimate of drug-likeness (QED) is 0.555. The van der Waals surface area contributed by atoms with E-state index in [4.69, 9.17) is 0 Å². The van der Waals surface area contributed by atoms with Gasteiger partial charge < -0.3 is 5.32 Å². The molecule has 2 aromatic heterocycles. The Bertz CT molecular complexity index is 1110. The van der Waals surface area contributed by atoms with Crippen molar-refractivity contribution in [2.45, 2.75) is 20.4 Å². The number of carbonyl (C=O) groups is 1. The molecule has 4 aromatic rings. The number of aryl methyl sites for hydroxylation is 2. The highest BCUT2D eigenvalue weighted by Crippen LogP contribution is 2.30. The number of hydrogen-bond donors (Lipinski definition) is 1. The SMILES string of the molecule is Cc1ccc(CNC(=O)c2cc3c(C)nn(-c4ccc(F)cc4)c3s2)cc1. The van der Waals surface area contributed by atoms with Gasteiger partial charge in [0, 0.05) is 11.9 Å². The summed E-state index contributed by atoms with van der Waals surface area (Å²) in [5.41, 5.74) is 3.85. The summed E-state index contributed by atoms with van der Waals surface area (Å²) in [6.07, 6.45) is 0. The van der Waals surface area contributed by atoms with Gasteiger partial charge in [0.2, 0.25) is 0 Å². The number of fused-ring (bicyclic) bond motifs is 1. The first-order valence-electron chi connectivity index (χ1n) is 8.60. The van der Waals surface area contributed by atoms with Gasteiger partial charge in [-0.05, 0) is 49.7 Å². The Labute approximate surface area is 160 Å². The summed E-state index contributed by atoms with van der Waals surface area (Å²) in [6.45, 7) is 4.42. The summed E-state index contributed by atoms with van der Waals surface area (Å²) in [7, 11) is 0. The van der Waals surface area contributed by atoms with Crippen LogP contribution in [-0.2, 0) is 6.54 Å². The molecule has 0 aliphatic rings. The van der Waals surface area contributed by atoms with Crippen LogP contribution in [0.1, 0.15) is 26.5 Å². The summed E-state index contributed by atoms with van der Waals surface area (Å²) in [5.74, 6) is -0.400. The van der Waals surface area contributed by atoms with Gasteiger partial charge >= 0.3 is 0 Å². The first kappa shape index (κ1) is 17.4. The third kappa shape index (κ3) is 3.48. The number of halogens is 1. The molecule has 0 spiro atoms. The third-order valence-electron chi connectivity index (χ3n) is 4.41. The molecule has 1 amide bonds. The van der Waals surface area contributed by atoms with E-state index in [2.05, 4.69) is 10.4 Å². The molecule has 0 aliphatic carbocycles. The number of benzene rings is 2. The largest absolute Gasteiger partial charge is 0.347 e. The molecule has 136 valence electrons. The highest BCUT2D eigenvalue weighted by molar-refractivity contribution is 7.20. The van der Waals surface area contributed by atoms with E-state index in [1.54, 1.807) is 16.8 Å². The normalized spacial score (nSPS) is 11.1. The van der Waals surface area contributed by atoms with E-state index in [0.29, 0.717) is 11.4 Å². The molecular formula is C21H18FN3OS. The third-order valence-corrected chi connectivity index (χ3v) is 5.52. The fourth-order valence-corrected chi connectivity index (χ4v) is 3.99. The molecule has 0 atom stereocenters. The lowest BCUT2D eigenvalue weighted by atomic mass is 10.1. The molecule has 0 unspecified atom stereocenters. The van der Waals surface area contributed by atoms with E-state index < -0.39 is 0 Å². The number of amides is 1. The lowest BCUT2D eigenvalue weighted by Gasteiger charge is -2.04. The van der Waals surface area contributed by atoms with Crippen LogP contribution in [0.15, 0.2) is 54.6 Å². The molecule has 0 saturated carbocycles. The van der Waals surface area contributed by atoms with E-state index in [-0.39, 0.29) is 11.7 Å². The van der Waals surface area contributed by atoms with E-state index in [0.717, 1.165) is 27.2 Å². The molecule has 2 aromatic carbocycles. The molecule has 2 heterocycles. The monoisotopic (exact) mass is 379 g/mol. The van der Waals surface area contributed by atoms with Crippen molar-refractivity contribution < 1.29 is 9.18 Å². The van der Waals surface area contributed by atoms with Crippen LogP contribution in [0.5, 0.6) is 0 Å². The first-order valence-corrected chi connectivity index (χ1v) is 9.42. The molecule has 0 bridgehead atoms. The Morgan fingerprint density at radius 2 is 1.81 bits per heavy atom. The smallest absolute Gasteiger partial charge is 0.261 e. The predicted octanol–water partition coefficient (Wildman–Crippen LogP) is 4.77. The van der Waals surface area contributed by atoms with Gasteiger partial charge in [-0.3, -0.25) is 4.79 Å². The number of thiophene rings is 1. The van der Waals surface area contributed by atoms with Crippen LogP contribution in [0.25, 0.3) is 15.9 Å². The second kappa shape index (κ2) is 6.96. The number of rotatable bonds is 4. The Morgan fingerprint density at radius 1 is 1.11 bits per heavy atom. The molecule has 4 nitrogen and oxygen atoms in total. The zero-order valence-electron chi connectivity index (χ0n) is 15.0. The zero-order chi connectivity index (χ0) is 19.0. The second-order valence-electron chi connectivity index (χ2n) is 6.47. The molecule has 0 radical (unpaired) electrons. The molecule has 0 aliphatic heterocycles. The van der Waals surface area contributed by atoms with E-state index in [9.17, 15) is 9.18 Å². The number of nitrogens with zero attached hydrogens (tertiary/aromatic N) is 2. The van der Waals surface area contributed by atoms with Crippen LogP contribution < -0.4 is 5.32 Å². The Morgan fingerprint density at radius 3 is 2.52 bits per heavy atom. The van der Waals surface area contributed by atoms with Crippen LogP contribution in [0, 0.1) is 19.7 Å². The Kier molecular flexibility index (Phi) is 4.49. The van der Waals surface area contributed by atoms with E-state index in [1.165, 1.54) is 29.0 Å². The maximum Gasteiger partial charge on any atom is 0.261 e. The predicted molar refractivity (Wildman–Crippen MR) is 106 cm³/mol. The van der Waals surface area contributed by atoms with Crippen LogP contribution in [-0.4, -0.2) is 15.7 Å². The Hall–Kier alpha value is -2.99. The highest BCUT2D eigenvalue weighted by Gasteiger charge is 2.17. The highest BCUT2D eigenvalue weighted by atomic mass is 32.1. The Balaban J connectivity index is 1.59. The lowest BCUT2D eigenvalue weighted by Crippen LogP contribution is -2.21. The van der Waals surface area contributed by atoms with Crippen LogP contribution in [0.3, 0.4) is 0 Å². The average molecular weight is 379 g/mol. The van der Waals surface area contributed by atoms with E-state index >= 15 is 0 Å². The first-order chi connectivity index (χ1) is 13.0. The standard InChI is InChI=1S/C21H18FN3OS/c1-13-3-5-15(6-4-13)12-23-20(26)19-11-18-14(2)24-25(21(18)27-19)17-9-7-16(22)8-10-17/h3-11H,12H2,1-2H3,(H,23,26). The molecule has 1 N–H and O–H groups in total. The summed E-state index contributed by atoms with van der Waals surface area (Å²) < 4.78 is 15.0. The van der Waals surface area contributed by atoms with Crippen molar-refractivity contribution in [2.24, 2.45) is 0 Å². The minimum atomic E-state index is -0.291. The summed E-state index contributed by atoms with van der Waals surface area (Å²) in [5, 5.41) is 8.42. The van der Waals surface area contributed by atoms with Crippen molar-refractivity contribution in [1.82, 2.24) is 15.1 Å². The summed E-state index contributed by atoms with van der Waals surface area (Å²) >= 11 is 1.38. The minimum absolute atomic E-state index is 0.109. The topological polar surface area (TPSA) is 46.9 Å². The van der Waals surface area contributed by atoms with Crippen LogP contribution >= 0.6 is 11.3 Å². The van der Waals surface area contributed by atoms with E-state index in [1.807, 2.05) is 44.2 Å². The average Bonchev–Trinajstić information content (AvgIpc) is 3.23. The van der Waals surface area contributed by atoms with Gasteiger partial charge in [-0.25, -0.2) is 9.07 Å². The van der Waals surface area contributed by atoms with Gasteiger partial charge in [-0.1, -0.05) is 29.8 Å². The van der Waals surface area contributed by atoms with Crippen molar-refractivity contribution in [3.8, 4) is 5.69 Å². The van der Waals surface area contributed by atoms with Crippen molar-refractivity contribution in [3.63, 3.8) is 0 Å². The second-order valence-corrected chi connectivity index (χ2v) is 7.50. The number of nitrogens with one attached hydrogen (secondary N) is 1. The number of hydrogen-bond acceptors (Lipinski definition) is 3. The van der Waals surface area contributed by atoms with Gasteiger partial charge in [0.05, 0.1) is 16.3 Å². The fourth-order valence-electron chi connectivity index (χ4n) is 2.89. The van der Waals surface area contributed by atoms with Crippen molar-refractivity contribution in [2.75, 3.05) is 0 Å². The maximum absolute atomic E-state index is 13.2. The molecule has 27 heavy (non-hydrogen) atoms. The van der Waals surface area contributed by atoms with Gasteiger partial charge in [-0.15, -0.1) is 11.3 Å². The minimum Gasteiger partial charge on any atom is -0.347 e. The number of carbonyl (C=O) groups excluding carboxylic acids is 1. The fraction of sp³-hybridized carbons (Fsp3) is 0.143.